The second-order valence-electron chi connectivity index (χ2n) is 6.71. The van der Waals surface area contributed by atoms with Crippen molar-refractivity contribution < 1.29 is 9.13 Å². The zero-order chi connectivity index (χ0) is 20.9. The minimum atomic E-state index is -0.282. The molecule has 0 spiro atoms. The number of hydrogen-bond acceptors (Lipinski definition) is 6. The number of nitrogen functional groups attached to an aromatic ring is 1. The molecule has 7 heteroatoms. The number of aromatic nitrogens is 2. The van der Waals surface area contributed by atoms with Gasteiger partial charge in [0.15, 0.2) is 0 Å². The van der Waals surface area contributed by atoms with Gasteiger partial charge in [-0.1, -0.05) is 36.4 Å². The van der Waals surface area contributed by atoms with Crippen molar-refractivity contribution in [2.45, 2.75) is 6.42 Å². The Hall–Kier alpha value is -4.18. The van der Waals surface area contributed by atoms with Gasteiger partial charge in [0.05, 0.1) is 12.0 Å². The highest BCUT2D eigenvalue weighted by molar-refractivity contribution is 5.64. The minimum Gasteiger partial charge on any atom is -0.439 e. The minimum absolute atomic E-state index is 0.119. The van der Waals surface area contributed by atoms with Crippen LogP contribution in [0.25, 0.3) is 11.1 Å². The van der Waals surface area contributed by atoms with Crippen LogP contribution < -0.4 is 15.8 Å². The van der Waals surface area contributed by atoms with Gasteiger partial charge < -0.3 is 15.8 Å². The number of halogens is 1. The molecule has 0 saturated heterocycles. The van der Waals surface area contributed by atoms with Crippen LogP contribution in [0.2, 0.25) is 0 Å². The van der Waals surface area contributed by atoms with Crippen LogP contribution in [-0.2, 0) is 0 Å². The van der Waals surface area contributed by atoms with Gasteiger partial charge in [-0.15, -0.1) is 0 Å². The van der Waals surface area contributed by atoms with E-state index >= 15 is 0 Å². The van der Waals surface area contributed by atoms with E-state index in [4.69, 9.17) is 15.7 Å². The number of allylic oxidation sites excluding steroid dienone is 3. The normalized spacial score (nSPS) is 15.2. The monoisotopic (exact) mass is 399 g/mol. The van der Waals surface area contributed by atoms with Gasteiger partial charge in [0.1, 0.15) is 17.4 Å². The van der Waals surface area contributed by atoms with Crippen molar-refractivity contribution in [2.24, 2.45) is 5.92 Å². The summed E-state index contributed by atoms with van der Waals surface area (Å²) in [6, 6.07) is 17.4. The molecular weight excluding hydrogens is 381 g/mol. The third-order valence-corrected chi connectivity index (χ3v) is 4.48. The van der Waals surface area contributed by atoms with Crippen molar-refractivity contribution in [3.8, 4) is 28.8 Å². The van der Waals surface area contributed by atoms with E-state index < -0.39 is 0 Å². The Bertz CT molecular complexity index is 1160. The molecule has 1 unspecified atom stereocenters. The largest absolute Gasteiger partial charge is 0.439 e. The smallest absolute Gasteiger partial charge is 0.232 e. The van der Waals surface area contributed by atoms with E-state index in [1.54, 1.807) is 18.2 Å². The molecule has 0 saturated carbocycles. The Balaban J connectivity index is 1.48. The molecule has 0 bridgehead atoms. The molecule has 3 aromatic rings. The van der Waals surface area contributed by atoms with Crippen LogP contribution in [0.1, 0.15) is 6.42 Å². The predicted molar refractivity (Wildman–Crippen MR) is 113 cm³/mol. The molecule has 2 aromatic carbocycles. The molecule has 1 aliphatic rings. The number of benzene rings is 2. The molecule has 0 amide bonds. The van der Waals surface area contributed by atoms with Gasteiger partial charge in [-0.3, -0.25) is 0 Å². The summed E-state index contributed by atoms with van der Waals surface area (Å²) < 4.78 is 19.2. The van der Waals surface area contributed by atoms with Gasteiger partial charge >= 0.3 is 0 Å². The Morgan fingerprint density at radius 1 is 1.10 bits per heavy atom. The van der Waals surface area contributed by atoms with Crippen molar-refractivity contribution in [1.29, 1.82) is 5.26 Å². The fraction of sp³-hybridized carbons (Fsp3) is 0.0870. The van der Waals surface area contributed by atoms with E-state index in [2.05, 4.69) is 21.4 Å². The molecule has 6 nitrogen and oxygen atoms in total. The number of ether oxygens (including phenoxy) is 1. The molecule has 3 N–H and O–H groups in total. The molecule has 30 heavy (non-hydrogen) atoms. The van der Waals surface area contributed by atoms with Crippen molar-refractivity contribution in [3.63, 3.8) is 0 Å². The summed E-state index contributed by atoms with van der Waals surface area (Å²) in [5.41, 5.74) is 8.34. The average Bonchev–Trinajstić information content (AvgIpc) is 2.74. The lowest BCUT2D eigenvalue weighted by Crippen LogP contribution is -2.08. The number of rotatable bonds is 5. The lowest BCUT2D eigenvalue weighted by Gasteiger charge is -2.13. The van der Waals surface area contributed by atoms with Crippen molar-refractivity contribution in [1.82, 2.24) is 9.97 Å². The van der Waals surface area contributed by atoms with Crippen LogP contribution in [0.15, 0.2) is 78.5 Å². The van der Waals surface area contributed by atoms with Crippen molar-refractivity contribution >= 4 is 11.8 Å². The third kappa shape index (κ3) is 4.62. The molecule has 0 fully saturated rings. The van der Waals surface area contributed by atoms with E-state index in [0.717, 1.165) is 16.8 Å². The Morgan fingerprint density at radius 2 is 1.93 bits per heavy atom. The number of hydrogen-bond donors (Lipinski definition) is 2. The Morgan fingerprint density at radius 3 is 2.63 bits per heavy atom. The standard InChI is InChI=1S/C23H18FN5O/c24-18-3-1-2-17(12-18)16-6-10-20(11-7-16)30-22-13-21(26)28-23(29-22)27-19-8-4-15(14-25)5-9-19/h1-4,6-13,15H,5H2,(H3,26,27,28,29). The Kier molecular flexibility index (Phi) is 5.39. The third-order valence-electron chi connectivity index (χ3n) is 4.48. The highest BCUT2D eigenvalue weighted by Crippen LogP contribution is 2.27. The number of anilines is 2. The molecule has 1 aromatic heterocycles. The van der Waals surface area contributed by atoms with Gasteiger partial charge in [-0.05, 0) is 47.9 Å². The molecule has 0 radical (unpaired) electrons. The van der Waals surface area contributed by atoms with E-state index in [1.807, 2.05) is 36.4 Å². The van der Waals surface area contributed by atoms with E-state index in [9.17, 15) is 4.39 Å². The maximum absolute atomic E-state index is 13.4. The number of nitrogens with two attached hydrogens (primary N) is 1. The lowest BCUT2D eigenvalue weighted by atomic mass is 10.0. The quantitative estimate of drug-likeness (QED) is 0.623. The van der Waals surface area contributed by atoms with E-state index in [0.29, 0.717) is 24.0 Å². The zero-order valence-electron chi connectivity index (χ0n) is 15.9. The van der Waals surface area contributed by atoms with Crippen LogP contribution in [0.3, 0.4) is 0 Å². The maximum Gasteiger partial charge on any atom is 0.232 e. The molecule has 4 rings (SSSR count). The van der Waals surface area contributed by atoms with E-state index in [-0.39, 0.29) is 17.6 Å². The first-order valence-electron chi connectivity index (χ1n) is 9.32. The van der Waals surface area contributed by atoms with Crippen LogP contribution in [0, 0.1) is 23.1 Å². The summed E-state index contributed by atoms with van der Waals surface area (Å²) in [6.45, 7) is 0. The molecule has 1 heterocycles. The first kappa shape index (κ1) is 19.2. The van der Waals surface area contributed by atoms with Gasteiger partial charge in [-0.25, -0.2) is 4.39 Å². The molecule has 1 aliphatic carbocycles. The van der Waals surface area contributed by atoms with Crippen LogP contribution in [-0.4, -0.2) is 9.97 Å². The first-order chi connectivity index (χ1) is 14.6. The average molecular weight is 399 g/mol. The maximum atomic E-state index is 13.4. The summed E-state index contributed by atoms with van der Waals surface area (Å²) >= 11 is 0. The van der Waals surface area contributed by atoms with Crippen LogP contribution in [0.4, 0.5) is 16.2 Å². The topological polar surface area (TPSA) is 96.9 Å². The number of nitrogens with one attached hydrogen (secondary N) is 1. The SMILES string of the molecule is N#CC1C=CC(Nc2nc(N)cc(Oc3ccc(-c4cccc(F)c4)cc3)n2)=CC1. The van der Waals surface area contributed by atoms with Crippen molar-refractivity contribution in [2.75, 3.05) is 11.1 Å². The molecule has 0 aliphatic heterocycles. The fourth-order valence-electron chi connectivity index (χ4n) is 2.99. The highest BCUT2D eigenvalue weighted by atomic mass is 19.1. The second kappa shape index (κ2) is 8.45. The van der Waals surface area contributed by atoms with Crippen molar-refractivity contribution in [3.05, 3.63) is 84.3 Å². The van der Waals surface area contributed by atoms with Crippen LogP contribution >= 0.6 is 0 Å². The summed E-state index contributed by atoms with van der Waals surface area (Å²) in [4.78, 5) is 8.51. The molecule has 148 valence electrons. The fourth-order valence-corrected chi connectivity index (χ4v) is 2.99. The summed E-state index contributed by atoms with van der Waals surface area (Å²) in [6.07, 6.45) is 6.17. The lowest BCUT2D eigenvalue weighted by molar-refractivity contribution is 0.463. The van der Waals surface area contributed by atoms with Gasteiger partial charge in [0, 0.05) is 11.8 Å². The van der Waals surface area contributed by atoms with Gasteiger partial charge in [0.2, 0.25) is 11.8 Å². The zero-order valence-corrected chi connectivity index (χ0v) is 15.9. The summed E-state index contributed by atoms with van der Waals surface area (Å²) in [7, 11) is 0. The Labute approximate surface area is 173 Å². The second-order valence-corrected chi connectivity index (χ2v) is 6.71. The predicted octanol–water partition coefficient (Wildman–Crippen LogP) is 5.05. The number of nitriles is 1. The highest BCUT2D eigenvalue weighted by Gasteiger charge is 2.10. The number of nitrogens with zero attached hydrogens (tertiary/aromatic N) is 3. The first-order valence-corrected chi connectivity index (χ1v) is 9.32. The molecular formula is C23H18FN5O. The van der Waals surface area contributed by atoms with Gasteiger partial charge in [0.25, 0.3) is 0 Å². The van der Waals surface area contributed by atoms with Gasteiger partial charge in [-0.2, -0.15) is 15.2 Å². The van der Waals surface area contributed by atoms with E-state index in [1.165, 1.54) is 18.2 Å². The molecule has 1 atom stereocenters. The summed E-state index contributed by atoms with van der Waals surface area (Å²) in [5, 5.41) is 12.0. The summed E-state index contributed by atoms with van der Waals surface area (Å²) in [5.74, 6) is 1.01. The van der Waals surface area contributed by atoms with Crippen LogP contribution in [0.5, 0.6) is 11.6 Å².